The van der Waals surface area contributed by atoms with Gasteiger partial charge in [0.1, 0.15) is 10.6 Å². The van der Waals surface area contributed by atoms with E-state index in [-0.39, 0.29) is 12.5 Å². The number of nitrogens with one attached hydrogen (secondary N) is 1. The molecule has 1 amide bonds. The van der Waals surface area contributed by atoms with Crippen molar-refractivity contribution in [2.24, 2.45) is 0 Å². The molecule has 0 bridgehead atoms. The Balaban J connectivity index is 2.07. The second-order valence-electron chi connectivity index (χ2n) is 5.90. The van der Waals surface area contributed by atoms with Gasteiger partial charge in [-0.25, -0.2) is 4.79 Å². The number of hydrogen-bond acceptors (Lipinski definition) is 4. The van der Waals surface area contributed by atoms with E-state index in [0.717, 1.165) is 16.0 Å². The maximum Gasteiger partial charge on any atom is 0.341 e. The quantitative estimate of drug-likeness (QED) is 0.422. The molecule has 144 valence electrons. The van der Waals surface area contributed by atoms with Crippen LogP contribution < -0.4 is 5.32 Å². The smallest absolute Gasteiger partial charge is 0.341 e. The fourth-order valence-corrected chi connectivity index (χ4v) is 4.46. The van der Waals surface area contributed by atoms with Crippen molar-refractivity contribution < 1.29 is 14.3 Å². The molecule has 0 spiro atoms. The third-order valence-corrected chi connectivity index (χ3v) is 6.01. The molecule has 1 N–H and O–H groups in total. The van der Waals surface area contributed by atoms with Gasteiger partial charge in [-0.2, -0.15) is 0 Å². The molecular formula is C21H17BrClNO3S. The van der Waals surface area contributed by atoms with Crippen LogP contribution in [0.3, 0.4) is 0 Å². The molecule has 1 aromatic heterocycles. The third-order valence-electron chi connectivity index (χ3n) is 4.04. The number of carbonyl (C=O) groups is 2. The lowest BCUT2D eigenvalue weighted by Crippen LogP contribution is -2.15. The molecule has 2 aromatic carbocycles. The summed E-state index contributed by atoms with van der Waals surface area (Å²) in [5, 5.41) is 3.94. The van der Waals surface area contributed by atoms with Gasteiger partial charge in [-0.05, 0) is 59.6 Å². The van der Waals surface area contributed by atoms with Gasteiger partial charge in [0.2, 0.25) is 0 Å². The minimum absolute atomic E-state index is 0.241. The lowest BCUT2D eigenvalue weighted by molar-refractivity contribution is 0.0529. The zero-order valence-electron chi connectivity index (χ0n) is 15.2. The topological polar surface area (TPSA) is 55.4 Å². The highest BCUT2D eigenvalue weighted by atomic mass is 79.9. The predicted octanol–water partition coefficient (Wildman–Crippen LogP) is 6.57. The highest BCUT2D eigenvalue weighted by molar-refractivity contribution is 9.10. The van der Waals surface area contributed by atoms with Gasteiger partial charge in [0.15, 0.2) is 0 Å². The Morgan fingerprint density at radius 1 is 1.14 bits per heavy atom. The van der Waals surface area contributed by atoms with Crippen molar-refractivity contribution in [3.05, 3.63) is 74.0 Å². The SMILES string of the molecule is CCOC(=O)c1c(NC(=O)c2ccccc2Br)sc(C)c1-c1ccc(Cl)cc1. The number of hydrogen-bond donors (Lipinski definition) is 1. The van der Waals surface area contributed by atoms with Gasteiger partial charge < -0.3 is 10.1 Å². The first-order valence-electron chi connectivity index (χ1n) is 8.54. The van der Waals surface area contributed by atoms with Crippen LogP contribution in [-0.4, -0.2) is 18.5 Å². The lowest BCUT2D eigenvalue weighted by atomic mass is 10.0. The van der Waals surface area contributed by atoms with Crippen molar-refractivity contribution in [3.63, 3.8) is 0 Å². The normalized spacial score (nSPS) is 10.6. The minimum Gasteiger partial charge on any atom is -0.462 e. The Morgan fingerprint density at radius 2 is 1.82 bits per heavy atom. The average molecular weight is 479 g/mol. The van der Waals surface area contributed by atoms with Crippen LogP contribution in [-0.2, 0) is 4.74 Å². The molecular weight excluding hydrogens is 462 g/mol. The van der Waals surface area contributed by atoms with E-state index in [1.54, 1.807) is 37.3 Å². The number of rotatable bonds is 5. The predicted molar refractivity (Wildman–Crippen MR) is 118 cm³/mol. The maximum absolute atomic E-state index is 12.8. The molecule has 4 nitrogen and oxygen atoms in total. The van der Waals surface area contributed by atoms with Crippen molar-refractivity contribution in [1.82, 2.24) is 0 Å². The number of thiophene rings is 1. The third kappa shape index (κ3) is 4.29. The number of amides is 1. The molecule has 0 aliphatic carbocycles. The van der Waals surface area contributed by atoms with Gasteiger partial charge >= 0.3 is 5.97 Å². The zero-order chi connectivity index (χ0) is 20.3. The van der Waals surface area contributed by atoms with E-state index in [9.17, 15) is 9.59 Å². The zero-order valence-corrected chi connectivity index (χ0v) is 18.4. The summed E-state index contributed by atoms with van der Waals surface area (Å²) < 4.78 is 5.94. The molecule has 28 heavy (non-hydrogen) atoms. The van der Waals surface area contributed by atoms with Gasteiger partial charge in [0.25, 0.3) is 5.91 Å². The fourth-order valence-electron chi connectivity index (χ4n) is 2.81. The number of esters is 1. The van der Waals surface area contributed by atoms with Crippen molar-refractivity contribution in [3.8, 4) is 11.1 Å². The Hall–Kier alpha value is -2.15. The Labute approximate surface area is 180 Å². The molecule has 0 fully saturated rings. The lowest BCUT2D eigenvalue weighted by Gasteiger charge is -2.10. The Kier molecular flexibility index (Phi) is 6.54. The van der Waals surface area contributed by atoms with Gasteiger partial charge in [-0.3, -0.25) is 4.79 Å². The molecule has 0 saturated carbocycles. The van der Waals surface area contributed by atoms with E-state index in [1.807, 2.05) is 25.1 Å². The van der Waals surface area contributed by atoms with Gasteiger partial charge in [-0.15, -0.1) is 11.3 Å². The van der Waals surface area contributed by atoms with Crippen LogP contribution in [0.5, 0.6) is 0 Å². The van der Waals surface area contributed by atoms with Crippen LogP contribution in [0.4, 0.5) is 5.00 Å². The fraction of sp³-hybridized carbons (Fsp3) is 0.143. The van der Waals surface area contributed by atoms with Crippen LogP contribution in [0.25, 0.3) is 11.1 Å². The Bertz CT molecular complexity index is 1030. The van der Waals surface area contributed by atoms with E-state index in [1.165, 1.54) is 11.3 Å². The molecule has 0 atom stereocenters. The molecule has 0 saturated heterocycles. The highest BCUT2D eigenvalue weighted by Gasteiger charge is 2.26. The summed E-state index contributed by atoms with van der Waals surface area (Å²) in [6, 6.07) is 14.3. The summed E-state index contributed by atoms with van der Waals surface area (Å²) >= 11 is 10.7. The number of anilines is 1. The first kappa shape index (κ1) is 20.6. The molecule has 7 heteroatoms. The summed E-state index contributed by atoms with van der Waals surface area (Å²) in [6.45, 7) is 3.90. The summed E-state index contributed by atoms with van der Waals surface area (Å²) in [4.78, 5) is 26.4. The van der Waals surface area contributed by atoms with Crippen molar-refractivity contribution in [2.45, 2.75) is 13.8 Å². The first-order valence-corrected chi connectivity index (χ1v) is 10.5. The minimum atomic E-state index is -0.473. The van der Waals surface area contributed by atoms with E-state index in [4.69, 9.17) is 16.3 Å². The molecule has 0 aliphatic rings. The van der Waals surface area contributed by atoms with Gasteiger partial charge in [0.05, 0.1) is 12.2 Å². The van der Waals surface area contributed by atoms with Crippen molar-refractivity contribution in [2.75, 3.05) is 11.9 Å². The summed E-state index contributed by atoms with van der Waals surface area (Å²) in [6.07, 6.45) is 0. The number of aryl methyl sites for hydroxylation is 1. The van der Waals surface area contributed by atoms with Crippen molar-refractivity contribution >= 4 is 55.7 Å². The summed E-state index contributed by atoms with van der Waals surface area (Å²) in [5.41, 5.74) is 2.41. The Morgan fingerprint density at radius 3 is 2.46 bits per heavy atom. The number of benzene rings is 2. The van der Waals surface area contributed by atoms with Crippen molar-refractivity contribution in [1.29, 1.82) is 0 Å². The average Bonchev–Trinajstić information content (AvgIpc) is 2.98. The molecule has 0 unspecified atom stereocenters. The maximum atomic E-state index is 12.8. The van der Waals surface area contributed by atoms with Gasteiger partial charge in [-0.1, -0.05) is 35.9 Å². The summed E-state index contributed by atoms with van der Waals surface area (Å²) in [7, 11) is 0. The molecule has 0 aliphatic heterocycles. The van der Waals surface area contributed by atoms with Crippen LogP contribution in [0.15, 0.2) is 53.0 Å². The number of halogens is 2. The standard InChI is InChI=1S/C21H17BrClNO3S/c1-3-27-21(26)18-17(13-8-10-14(23)11-9-13)12(2)28-20(18)24-19(25)15-6-4-5-7-16(15)22/h4-11H,3H2,1-2H3,(H,24,25). The second-order valence-corrected chi connectivity index (χ2v) is 8.41. The van der Waals surface area contributed by atoms with Crippen LogP contribution in [0.1, 0.15) is 32.5 Å². The highest BCUT2D eigenvalue weighted by Crippen LogP contribution is 2.41. The first-order chi connectivity index (χ1) is 13.4. The van der Waals surface area contributed by atoms with Crippen LogP contribution in [0, 0.1) is 6.92 Å². The number of ether oxygens (including phenoxy) is 1. The molecule has 3 rings (SSSR count). The summed E-state index contributed by atoms with van der Waals surface area (Å²) in [5.74, 6) is -0.777. The largest absolute Gasteiger partial charge is 0.462 e. The van der Waals surface area contributed by atoms with E-state index >= 15 is 0 Å². The van der Waals surface area contributed by atoms with E-state index < -0.39 is 5.97 Å². The van der Waals surface area contributed by atoms with E-state index in [2.05, 4.69) is 21.2 Å². The van der Waals surface area contributed by atoms with Gasteiger partial charge in [0, 0.05) is 19.9 Å². The molecule has 3 aromatic rings. The molecule has 1 heterocycles. The van der Waals surface area contributed by atoms with E-state index in [0.29, 0.717) is 25.6 Å². The second kappa shape index (κ2) is 8.90. The van der Waals surface area contributed by atoms with Crippen LogP contribution in [0.2, 0.25) is 5.02 Å². The monoisotopic (exact) mass is 477 g/mol. The molecule has 0 radical (unpaired) electrons. The van der Waals surface area contributed by atoms with Crippen LogP contribution >= 0.6 is 38.9 Å². The number of carbonyl (C=O) groups excluding carboxylic acids is 2.